The normalized spacial score (nSPS) is 10.3. The molecule has 0 bridgehead atoms. The molecule has 21 heavy (non-hydrogen) atoms. The van der Waals surface area contributed by atoms with E-state index in [9.17, 15) is 4.39 Å². The van der Waals surface area contributed by atoms with Crippen LogP contribution in [0.1, 0.15) is 0 Å². The van der Waals surface area contributed by atoms with Gasteiger partial charge in [-0.3, -0.25) is 0 Å². The molecule has 0 aliphatic rings. The first-order chi connectivity index (χ1) is 10.1. The number of hydrogen-bond donors (Lipinski definition) is 1. The Labute approximate surface area is 136 Å². The van der Waals surface area contributed by atoms with Crippen molar-refractivity contribution in [3.63, 3.8) is 0 Å². The fraction of sp³-hybridized carbons (Fsp3) is 0.200. The van der Waals surface area contributed by atoms with Crippen molar-refractivity contribution in [2.24, 2.45) is 0 Å². The van der Waals surface area contributed by atoms with E-state index in [2.05, 4.69) is 21.2 Å². The van der Waals surface area contributed by atoms with Gasteiger partial charge in [0.15, 0.2) is 11.5 Å². The minimum Gasteiger partial charge on any atom is -0.493 e. The molecule has 3 nitrogen and oxygen atoms in total. The first kappa shape index (κ1) is 15.9. The standard InChI is InChI=1S/C15H14BrClFNO2/c1-20-13-4-2-3-5-14(13)21-7-6-19-15-11(16)8-10(18)9-12(15)17/h2-5,8-9,19H,6-7H2,1H3. The van der Waals surface area contributed by atoms with Gasteiger partial charge in [0.1, 0.15) is 12.4 Å². The number of methoxy groups -OCH3 is 1. The summed E-state index contributed by atoms with van der Waals surface area (Å²) in [5, 5.41) is 3.42. The number of ether oxygens (including phenoxy) is 2. The zero-order chi connectivity index (χ0) is 15.2. The fourth-order valence-corrected chi connectivity index (χ4v) is 2.75. The first-order valence-corrected chi connectivity index (χ1v) is 7.43. The zero-order valence-corrected chi connectivity index (χ0v) is 13.7. The van der Waals surface area contributed by atoms with Gasteiger partial charge in [-0.25, -0.2) is 4.39 Å². The third kappa shape index (κ3) is 4.25. The zero-order valence-electron chi connectivity index (χ0n) is 11.3. The number of hydrogen-bond acceptors (Lipinski definition) is 3. The molecule has 0 atom stereocenters. The van der Waals surface area contributed by atoms with E-state index >= 15 is 0 Å². The Morgan fingerprint density at radius 3 is 2.62 bits per heavy atom. The Hall–Kier alpha value is -1.46. The molecule has 0 saturated heterocycles. The minimum absolute atomic E-state index is 0.319. The number of para-hydroxylation sites is 2. The average molecular weight is 375 g/mol. The summed E-state index contributed by atoms with van der Waals surface area (Å²) in [5.74, 6) is 0.965. The molecule has 2 aromatic rings. The lowest BCUT2D eigenvalue weighted by Gasteiger charge is -2.13. The number of anilines is 1. The Morgan fingerprint density at radius 1 is 1.24 bits per heavy atom. The number of benzene rings is 2. The lowest BCUT2D eigenvalue weighted by Crippen LogP contribution is -2.12. The second kappa shape index (κ2) is 7.52. The second-order valence-electron chi connectivity index (χ2n) is 4.17. The highest BCUT2D eigenvalue weighted by Gasteiger charge is 2.08. The first-order valence-electron chi connectivity index (χ1n) is 6.26. The molecular weight excluding hydrogens is 361 g/mol. The minimum atomic E-state index is -0.386. The van der Waals surface area contributed by atoms with Crippen LogP contribution in [0.25, 0.3) is 0 Å². The highest BCUT2D eigenvalue weighted by atomic mass is 79.9. The van der Waals surface area contributed by atoms with Gasteiger partial charge < -0.3 is 14.8 Å². The van der Waals surface area contributed by atoms with E-state index in [1.54, 1.807) is 7.11 Å². The molecule has 0 aliphatic carbocycles. The summed E-state index contributed by atoms with van der Waals surface area (Å²) in [6, 6.07) is 10.0. The summed E-state index contributed by atoms with van der Waals surface area (Å²) in [6.45, 7) is 0.933. The summed E-state index contributed by atoms with van der Waals surface area (Å²) in [7, 11) is 1.59. The lowest BCUT2D eigenvalue weighted by atomic mass is 10.3. The van der Waals surface area contributed by atoms with E-state index in [-0.39, 0.29) is 5.82 Å². The number of halogens is 3. The van der Waals surface area contributed by atoms with Gasteiger partial charge in [-0.2, -0.15) is 0 Å². The highest BCUT2D eigenvalue weighted by Crippen LogP contribution is 2.31. The van der Waals surface area contributed by atoms with Crippen LogP contribution >= 0.6 is 27.5 Å². The van der Waals surface area contributed by atoms with Crippen LogP contribution < -0.4 is 14.8 Å². The monoisotopic (exact) mass is 373 g/mol. The molecule has 112 valence electrons. The van der Waals surface area contributed by atoms with Gasteiger partial charge in [0.2, 0.25) is 0 Å². The van der Waals surface area contributed by atoms with Crippen LogP contribution in [0.3, 0.4) is 0 Å². The molecule has 2 aromatic carbocycles. The van der Waals surface area contributed by atoms with Gasteiger partial charge in [0, 0.05) is 11.0 Å². The molecule has 1 N–H and O–H groups in total. The molecule has 0 radical (unpaired) electrons. The van der Waals surface area contributed by atoms with Crippen molar-refractivity contribution in [2.45, 2.75) is 0 Å². The lowest BCUT2D eigenvalue weighted by molar-refractivity contribution is 0.306. The molecule has 0 unspecified atom stereocenters. The molecule has 0 heterocycles. The van der Waals surface area contributed by atoms with Crippen molar-refractivity contribution in [1.29, 1.82) is 0 Å². The molecular formula is C15H14BrClFNO2. The Kier molecular flexibility index (Phi) is 5.70. The van der Waals surface area contributed by atoms with E-state index in [0.717, 1.165) is 0 Å². The molecule has 2 rings (SSSR count). The summed E-state index contributed by atoms with van der Waals surface area (Å²) < 4.78 is 24.5. The molecule has 0 fully saturated rings. The topological polar surface area (TPSA) is 30.5 Å². The van der Waals surface area contributed by atoms with Crippen LogP contribution in [0.15, 0.2) is 40.9 Å². The number of rotatable bonds is 6. The van der Waals surface area contributed by atoms with Gasteiger partial charge in [-0.1, -0.05) is 23.7 Å². The predicted octanol–water partition coefficient (Wildman–Crippen LogP) is 4.74. The second-order valence-corrected chi connectivity index (χ2v) is 5.43. The SMILES string of the molecule is COc1ccccc1OCCNc1c(Cl)cc(F)cc1Br. The van der Waals surface area contributed by atoms with Crippen molar-refractivity contribution in [3.05, 3.63) is 51.7 Å². The van der Waals surface area contributed by atoms with E-state index in [1.165, 1.54) is 12.1 Å². The number of nitrogens with one attached hydrogen (secondary N) is 1. The van der Waals surface area contributed by atoms with Crippen molar-refractivity contribution >= 4 is 33.2 Å². The largest absolute Gasteiger partial charge is 0.493 e. The highest BCUT2D eigenvalue weighted by molar-refractivity contribution is 9.10. The summed E-state index contributed by atoms with van der Waals surface area (Å²) >= 11 is 9.26. The maximum Gasteiger partial charge on any atom is 0.161 e. The van der Waals surface area contributed by atoms with Crippen molar-refractivity contribution < 1.29 is 13.9 Å². The Bertz CT molecular complexity index is 601. The van der Waals surface area contributed by atoms with E-state index in [1.807, 2.05) is 24.3 Å². The van der Waals surface area contributed by atoms with E-state index in [0.29, 0.717) is 39.8 Å². The molecule has 0 aliphatic heterocycles. The molecule has 6 heteroatoms. The van der Waals surface area contributed by atoms with Crippen LogP contribution in [0, 0.1) is 5.82 Å². The third-order valence-electron chi connectivity index (χ3n) is 2.74. The van der Waals surface area contributed by atoms with Crippen LogP contribution in [0.2, 0.25) is 5.02 Å². The van der Waals surface area contributed by atoms with Crippen LogP contribution in [-0.2, 0) is 0 Å². The summed E-state index contributed by atoms with van der Waals surface area (Å²) in [6.07, 6.45) is 0. The molecule has 0 spiro atoms. The summed E-state index contributed by atoms with van der Waals surface area (Å²) in [5.41, 5.74) is 0.640. The van der Waals surface area contributed by atoms with Crippen LogP contribution in [0.5, 0.6) is 11.5 Å². The van der Waals surface area contributed by atoms with Crippen molar-refractivity contribution in [3.8, 4) is 11.5 Å². The predicted molar refractivity (Wildman–Crippen MR) is 86.1 cm³/mol. The fourth-order valence-electron chi connectivity index (χ4n) is 1.79. The van der Waals surface area contributed by atoms with Gasteiger partial charge in [-0.05, 0) is 40.2 Å². The van der Waals surface area contributed by atoms with Gasteiger partial charge in [0.25, 0.3) is 0 Å². The average Bonchev–Trinajstić information content (AvgIpc) is 2.45. The van der Waals surface area contributed by atoms with Gasteiger partial charge in [-0.15, -0.1) is 0 Å². The molecule has 0 saturated carbocycles. The quantitative estimate of drug-likeness (QED) is 0.741. The van der Waals surface area contributed by atoms with Crippen LogP contribution in [0.4, 0.5) is 10.1 Å². The van der Waals surface area contributed by atoms with Crippen molar-refractivity contribution in [2.75, 3.05) is 25.6 Å². The van der Waals surface area contributed by atoms with E-state index in [4.69, 9.17) is 21.1 Å². The summed E-state index contributed by atoms with van der Waals surface area (Å²) in [4.78, 5) is 0. The van der Waals surface area contributed by atoms with Crippen molar-refractivity contribution in [1.82, 2.24) is 0 Å². The molecule has 0 amide bonds. The maximum absolute atomic E-state index is 13.1. The van der Waals surface area contributed by atoms with Gasteiger partial charge >= 0.3 is 0 Å². The van der Waals surface area contributed by atoms with E-state index < -0.39 is 0 Å². The third-order valence-corrected chi connectivity index (χ3v) is 3.66. The Balaban J connectivity index is 1.91. The Morgan fingerprint density at radius 2 is 1.95 bits per heavy atom. The smallest absolute Gasteiger partial charge is 0.161 e. The van der Waals surface area contributed by atoms with Crippen LogP contribution in [-0.4, -0.2) is 20.3 Å². The molecule has 0 aromatic heterocycles. The van der Waals surface area contributed by atoms with Gasteiger partial charge in [0.05, 0.1) is 17.8 Å². The maximum atomic E-state index is 13.1.